The lowest BCUT2D eigenvalue weighted by atomic mass is 9.96. The van der Waals surface area contributed by atoms with Crippen LogP contribution in [-0.4, -0.2) is 11.0 Å². The summed E-state index contributed by atoms with van der Waals surface area (Å²) in [6.07, 6.45) is 10.7. The third kappa shape index (κ3) is 3.01. The minimum absolute atomic E-state index is 0.676. The Morgan fingerprint density at radius 2 is 2.05 bits per heavy atom. The van der Waals surface area contributed by atoms with Crippen molar-refractivity contribution in [3.8, 4) is 0 Å². The Kier molecular flexibility index (Phi) is 4.31. The quantitative estimate of drug-likeness (QED) is 0.840. The van der Waals surface area contributed by atoms with Crippen LogP contribution in [-0.2, 0) is 6.54 Å². The molecule has 106 valence electrons. The molecule has 1 aromatic carbocycles. The summed E-state index contributed by atoms with van der Waals surface area (Å²) in [5.41, 5.74) is 1.39. The highest BCUT2D eigenvalue weighted by atomic mass is 14.9. The van der Waals surface area contributed by atoms with Gasteiger partial charge in [-0.1, -0.05) is 44.4 Å². The van der Waals surface area contributed by atoms with Gasteiger partial charge in [0.1, 0.15) is 0 Å². The van der Waals surface area contributed by atoms with Crippen LogP contribution in [0.1, 0.15) is 44.6 Å². The third-order valence-corrected chi connectivity index (χ3v) is 4.69. The predicted octanol–water partition coefficient (Wildman–Crippen LogP) is 4.29. The summed E-state index contributed by atoms with van der Waals surface area (Å²) in [5, 5.41) is 6.37. The topological polar surface area (TPSA) is 24.9 Å². The highest BCUT2D eigenvalue weighted by Gasteiger charge is 2.19. The van der Waals surface area contributed by atoms with Crippen molar-refractivity contribution in [3.05, 3.63) is 42.2 Å². The monoisotopic (exact) mass is 268 g/mol. The second-order valence-electron chi connectivity index (χ2n) is 6.12. The normalized spacial score (nSPS) is 23.6. The number of fused-ring (bicyclic) bond motifs is 1. The summed E-state index contributed by atoms with van der Waals surface area (Å²) in [6.45, 7) is 3.37. The molecule has 0 amide bonds. The Balaban J connectivity index is 1.73. The molecule has 3 rings (SSSR count). The fourth-order valence-electron chi connectivity index (χ4n) is 3.38. The standard InChI is InChI=1S/C18H24N2/c1-14-6-3-2-4-9-18(14)20-13-16-8-5-7-15-12-19-11-10-17(15)16/h5,7-8,10-12,14,18,20H,2-4,6,9,13H2,1H3. The zero-order valence-corrected chi connectivity index (χ0v) is 12.3. The molecule has 2 atom stereocenters. The molecule has 0 bridgehead atoms. The van der Waals surface area contributed by atoms with Gasteiger partial charge in [0.15, 0.2) is 0 Å². The number of hydrogen-bond donors (Lipinski definition) is 1. The molecule has 1 aromatic heterocycles. The number of benzene rings is 1. The average Bonchev–Trinajstić information content (AvgIpc) is 2.69. The molecule has 1 heterocycles. The molecular weight excluding hydrogens is 244 g/mol. The zero-order valence-electron chi connectivity index (χ0n) is 12.3. The number of pyridine rings is 1. The molecule has 20 heavy (non-hydrogen) atoms. The third-order valence-electron chi connectivity index (χ3n) is 4.69. The Hall–Kier alpha value is -1.41. The van der Waals surface area contributed by atoms with E-state index in [0.717, 1.165) is 12.5 Å². The highest BCUT2D eigenvalue weighted by molar-refractivity contribution is 5.84. The summed E-state index contributed by atoms with van der Waals surface area (Å²) in [6, 6.07) is 9.31. The Morgan fingerprint density at radius 1 is 1.15 bits per heavy atom. The van der Waals surface area contributed by atoms with Gasteiger partial charge in [-0.2, -0.15) is 0 Å². The summed E-state index contributed by atoms with van der Waals surface area (Å²) >= 11 is 0. The van der Waals surface area contributed by atoms with E-state index in [0.29, 0.717) is 6.04 Å². The van der Waals surface area contributed by atoms with Crippen LogP contribution in [0.4, 0.5) is 0 Å². The van der Waals surface area contributed by atoms with Crippen molar-refractivity contribution in [1.82, 2.24) is 10.3 Å². The van der Waals surface area contributed by atoms with Crippen LogP contribution in [0.3, 0.4) is 0 Å². The van der Waals surface area contributed by atoms with Gasteiger partial charge in [-0.05, 0) is 35.8 Å². The van der Waals surface area contributed by atoms with E-state index in [1.165, 1.54) is 48.4 Å². The van der Waals surface area contributed by atoms with Gasteiger partial charge in [0.05, 0.1) is 0 Å². The molecule has 0 spiro atoms. The maximum atomic E-state index is 4.21. The van der Waals surface area contributed by atoms with Crippen molar-refractivity contribution in [2.45, 2.75) is 51.6 Å². The fraction of sp³-hybridized carbons (Fsp3) is 0.500. The van der Waals surface area contributed by atoms with Crippen molar-refractivity contribution in [2.75, 3.05) is 0 Å². The van der Waals surface area contributed by atoms with E-state index in [1.54, 1.807) is 0 Å². The number of rotatable bonds is 3. The smallest absolute Gasteiger partial charge is 0.0346 e. The molecule has 0 saturated heterocycles. The fourth-order valence-corrected chi connectivity index (χ4v) is 3.38. The van der Waals surface area contributed by atoms with E-state index in [4.69, 9.17) is 0 Å². The number of nitrogens with one attached hydrogen (secondary N) is 1. The van der Waals surface area contributed by atoms with Gasteiger partial charge in [-0.15, -0.1) is 0 Å². The minimum atomic E-state index is 0.676. The van der Waals surface area contributed by atoms with Crippen LogP contribution < -0.4 is 5.32 Å². The molecule has 2 heteroatoms. The zero-order chi connectivity index (χ0) is 13.8. The molecule has 2 nitrogen and oxygen atoms in total. The van der Waals surface area contributed by atoms with Gasteiger partial charge in [-0.25, -0.2) is 0 Å². The SMILES string of the molecule is CC1CCCCCC1NCc1cccc2cnccc12. The van der Waals surface area contributed by atoms with Crippen molar-refractivity contribution in [3.63, 3.8) is 0 Å². The van der Waals surface area contributed by atoms with E-state index in [-0.39, 0.29) is 0 Å². The van der Waals surface area contributed by atoms with E-state index in [9.17, 15) is 0 Å². The molecule has 2 aromatic rings. The molecule has 2 unspecified atom stereocenters. The molecule has 1 saturated carbocycles. The van der Waals surface area contributed by atoms with Gasteiger partial charge >= 0.3 is 0 Å². The van der Waals surface area contributed by atoms with Crippen molar-refractivity contribution in [1.29, 1.82) is 0 Å². The first-order chi connectivity index (χ1) is 9.84. The van der Waals surface area contributed by atoms with Gasteiger partial charge in [0.25, 0.3) is 0 Å². The van der Waals surface area contributed by atoms with Gasteiger partial charge in [0.2, 0.25) is 0 Å². The molecule has 0 aliphatic heterocycles. The maximum absolute atomic E-state index is 4.21. The second-order valence-corrected chi connectivity index (χ2v) is 6.12. The number of hydrogen-bond acceptors (Lipinski definition) is 2. The lowest BCUT2D eigenvalue weighted by molar-refractivity contribution is 0.356. The molecule has 1 aliphatic carbocycles. The summed E-state index contributed by atoms with van der Waals surface area (Å²) in [5.74, 6) is 0.800. The second kappa shape index (κ2) is 6.36. The van der Waals surface area contributed by atoms with Crippen LogP contribution in [0.5, 0.6) is 0 Å². The van der Waals surface area contributed by atoms with Crippen LogP contribution in [0, 0.1) is 5.92 Å². The summed E-state index contributed by atoms with van der Waals surface area (Å²) in [7, 11) is 0. The first-order valence-electron chi connectivity index (χ1n) is 7.89. The van der Waals surface area contributed by atoms with Crippen molar-refractivity contribution in [2.24, 2.45) is 5.92 Å². The highest BCUT2D eigenvalue weighted by Crippen LogP contribution is 2.24. The minimum Gasteiger partial charge on any atom is -0.310 e. The molecule has 1 fully saturated rings. The lowest BCUT2D eigenvalue weighted by Gasteiger charge is -2.23. The van der Waals surface area contributed by atoms with Crippen LogP contribution >= 0.6 is 0 Å². The largest absolute Gasteiger partial charge is 0.310 e. The Morgan fingerprint density at radius 3 is 3.00 bits per heavy atom. The average molecular weight is 268 g/mol. The van der Waals surface area contributed by atoms with Crippen LogP contribution in [0.25, 0.3) is 10.8 Å². The maximum Gasteiger partial charge on any atom is 0.0346 e. The lowest BCUT2D eigenvalue weighted by Crippen LogP contribution is -2.33. The summed E-state index contributed by atoms with van der Waals surface area (Å²) in [4.78, 5) is 4.21. The Labute approximate surface area is 121 Å². The Bertz CT molecular complexity index is 559. The van der Waals surface area contributed by atoms with Crippen molar-refractivity contribution < 1.29 is 0 Å². The van der Waals surface area contributed by atoms with Gasteiger partial charge in [-0.3, -0.25) is 4.98 Å². The number of aromatic nitrogens is 1. The van der Waals surface area contributed by atoms with Crippen LogP contribution in [0.15, 0.2) is 36.7 Å². The van der Waals surface area contributed by atoms with Gasteiger partial charge < -0.3 is 5.32 Å². The van der Waals surface area contributed by atoms with E-state index >= 15 is 0 Å². The van der Waals surface area contributed by atoms with E-state index in [2.05, 4.69) is 41.5 Å². The first-order valence-corrected chi connectivity index (χ1v) is 7.89. The molecule has 1 aliphatic rings. The molecule has 1 N–H and O–H groups in total. The number of nitrogens with zero attached hydrogens (tertiary/aromatic N) is 1. The predicted molar refractivity (Wildman–Crippen MR) is 84.6 cm³/mol. The summed E-state index contributed by atoms with van der Waals surface area (Å²) < 4.78 is 0. The van der Waals surface area contributed by atoms with Crippen molar-refractivity contribution >= 4 is 10.8 Å². The molecular formula is C18H24N2. The first kappa shape index (κ1) is 13.6. The van der Waals surface area contributed by atoms with E-state index < -0.39 is 0 Å². The van der Waals surface area contributed by atoms with Crippen LogP contribution in [0.2, 0.25) is 0 Å². The molecule has 0 radical (unpaired) electrons. The van der Waals surface area contributed by atoms with E-state index in [1.807, 2.05) is 12.4 Å². The van der Waals surface area contributed by atoms with Gasteiger partial charge in [0, 0.05) is 30.4 Å².